The standard InChI is InChI=1S/C21H26N2O4/c1-15-10-18(26-3)19(27-4)12-17(15)14-23(2)21(25)13-22-20(24)11-16-8-6-5-7-9-16/h5-10,12H,11,13-14H2,1-4H3,(H,22,24). The van der Waals surface area contributed by atoms with Crippen molar-refractivity contribution < 1.29 is 19.1 Å². The third-order valence-electron chi connectivity index (χ3n) is 4.32. The van der Waals surface area contributed by atoms with Gasteiger partial charge < -0.3 is 19.7 Å². The van der Waals surface area contributed by atoms with Gasteiger partial charge in [-0.15, -0.1) is 0 Å². The van der Waals surface area contributed by atoms with E-state index in [2.05, 4.69) is 5.32 Å². The van der Waals surface area contributed by atoms with E-state index in [0.717, 1.165) is 16.7 Å². The minimum absolute atomic E-state index is 0.0332. The first-order valence-electron chi connectivity index (χ1n) is 8.70. The van der Waals surface area contributed by atoms with Crippen LogP contribution < -0.4 is 14.8 Å². The zero-order valence-corrected chi connectivity index (χ0v) is 16.2. The molecule has 0 fully saturated rings. The molecule has 0 aliphatic carbocycles. The zero-order valence-electron chi connectivity index (χ0n) is 16.2. The Morgan fingerprint density at radius 2 is 1.67 bits per heavy atom. The molecule has 0 aliphatic heterocycles. The molecule has 6 nitrogen and oxygen atoms in total. The molecule has 2 aromatic rings. The number of carbonyl (C=O) groups excluding carboxylic acids is 2. The van der Waals surface area contributed by atoms with Crippen LogP contribution in [0.2, 0.25) is 0 Å². The Kier molecular flexibility index (Phi) is 7.23. The van der Waals surface area contributed by atoms with Gasteiger partial charge in [-0.05, 0) is 35.7 Å². The van der Waals surface area contributed by atoms with Crippen molar-refractivity contribution in [2.75, 3.05) is 27.8 Å². The summed E-state index contributed by atoms with van der Waals surface area (Å²) < 4.78 is 10.6. The van der Waals surface area contributed by atoms with Gasteiger partial charge in [-0.3, -0.25) is 9.59 Å². The first-order chi connectivity index (χ1) is 12.9. The Balaban J connectivity index is 1.91. The smallest absolute Gasteiger partial charge is 0.242 e. The number of ether oxygens (including phenoxy) is 2. The molecule has 0 heterocycles. The normalized spacial score (nSPS) is 10.2. The van der Waals surface area contributed by atoms with E-state index in [9.17, 15) is 9.59 Å². The van der Waals surface area contributed by atoms with Crippen molar-refractivity contribution in [1.29, 1.82) is 0 Å². The molecule has 0 aliphatic rings. The zero-order chi connectivity index (χ0) is 19.8. The SMILES string of the molecule is COc1cc(C)c(CN(C)C(=O)CNC(=O)Cc2ccccc2)cc1OC. The maximum Gasteiger partial charge on any atom is 0.242 e. The largest absolute Gasteiger partial charge is 0.493 e. The maximum absolute atomic E-state index is 12.3. The first kappa shape index (κ1) is 20.3. The maximum atomic E-state index is 12.3. The number of carbonyl (C=O) groups is 2. The molecule has 0 saturated carbocycles. The summed E-state index contributed by atoms with van der Waals surface area (Å²) in [5, 5.41) is 2.68. The molecule has 0 radical (unpaired) electrons. The van der Waals surface area contributed by atoms with Crippen LogP contribution in [0.15, 0.2) is 42.5 Å². The second-order valence-corrected chi connectivity index (χ2v) is 6.32. The van der Waals surface area contributed by atoms with Crippen LogP contribution in [0, 0.1) is 6.92 Å². The fraction of sp³-hybridized carbons (Fsp3) is 0.333. The molecule has 27 heavy (non-hydrogen) atoms. The van der Waals surface area contributed by atoms with E-state index in [1.165, 1.54) is 0 Å². The molecule has 0 spiro atoms. The molecule has 144 valence electrons. The lowest BCUT2D eigenvalue weighted by molar-refractivity contribution is -0.132. The lowest BCUT2D eigenvalue weighted by Gasteiger charge is -2.20. The molecule has 0 atom stereocenters. The Morgan fingerprint density at radius 1 is 1.04 bits per heavy atom. The van der Waals surface area contributed by atoms with Crippen molar-refractivity contribution in [1.82, 2.24) is 10.2 Å². The van der Waals surface area contributed by atoms with Gasteiger partial charge in [0.05, 0.1) is 27.2 Å². The topological polar surface area (TPSA) is 67.9 Å². The highest BCUT2D eigenvalue weighted by Gasteiger charge is 2.14. The summed E-state index contributed by atoms with van der Waals surface area (Å²) in [6.45, 7) is 2.34. The molecule has 2 rings (SSSR count). The number of nitrogens with one attached hydrogen (secondary N) is 1. The van der Waals surface area contributed by atoms with Gasteiger partial charge in [0.2, 0.25) is 11.8 Å². The van der Waals surface area contributed by atoms with Gasteiger partial charge in [-0.2, -0.15) is 0 Å². The fourth-order valence-electron chi connectivity index (χ4n) is 2.69. The second kappa shape index (κ2) is 9.62. The van der Waals surface area contributed by atoms with Crippen molar-refractivity contribution in [2.45, 2.75) is 19.9 Å². The highest BCUT2D eigenvalue weighted by atomic mass is 16.5. The van der Waals surface area contributed by atoms with E-state index >= 15 is 0 Å². The number of hydrogen-bond donors (Lipinski definition) is 1. The molecule has 0 bridgehead atoms. The highest BCUT2D eigenvalue weighted by molar-refractivity contribution is 5.85. The summed E-state index contributed by atoms with van der Waals surface area (Å²) in [5.41, 5.74) is 2.87. The van der Waals surface area contributed by atoms with Gasteiger partial charge >= 0.3 is 0 Å². The van der Waals surface area contributed by atoms with E-state index in [0.29, 0.717) is 18.0 Å². The van der Waals surface area contributed by atoms with E-state index in [1.54, 1.807) is 26.2 Å². The number of aryl methyl sites for hydroxylation is 1. The summed E-state index contributed by atoms with van der Waals surface area (Å²) in [7, 11) is 4.88. The lowest BCUT2D eigenvalue weighted by atomic mass is 10.1. The van der Waals surface area contributed by atoms with Crippen LogP contribution >= 0.6 is 0 Å². The van der Waals surface area contributed by atoms with Crippen LogP contribution in [0.3, 0.4) is 0 Å². The van der Waals surface area contributed by atoms with Gasteiger partial charge in [-0.25, -0.2) is 0 Å². The van der Waals surface area contributed by atoms with Crippen molar-refractivity contribution in [3.8, 4) is 11.5 Å². The summed E-state index contributed by atoms with van der Waals surface area (Å²) in [6, 6.07) is 13.2. The van der Waals surface area contributed by atoms with Gasteiger partial charge in [0.25, 0.3) is 0 Å². The van der Waals surface area contributed by atoms with Gasteiger partial charge in [0.15, 0.2) is 11.5 Å². The summed E-state index contributed by atoms with van der Waals surface area (Å²) in [6.07, 6.45) is 0.257. The molecule has 0 aromatic heterocycles. The van der Waals surface area contributed by atoms with Gasteiger partial charge in [0, 0.05) is 13.6 Å². The van der Waals surface area contributed by atoms with Crippen LogP contribution in [-0.2, 0) is 22.6 Å². The molecule has 6 heteroatoms. The van der Waals surface area contributed by atoms with E-state index < -0.39 is 0 Å². The highest BCUT2D eigenvalue weighted by Crippen LogP contribution is 2.30. The molecular weight excluding hydrogens is 344 g/mol. The average Bonchev–Trinajstić information content (AvgIpc) is 2.67. The average molecular weight is 370 g/mol. The Labute approximate surface area is 160 Å². The Hall–Kier alpha value is -3.02. The molecular formula is C21H26N2O4. The van der Waals surface area contributed by atoms with Gasteiger partial charge in [-0.1, -0.05) is 30.3 Å². The van der Waals surface area contributed by atoms with Crippen LogP contribution in [0.5, 0.6) is 11.5 Å². The van der Waals surface area contributed by atoms with Crippen LogP contribution in [0.1, 0.15) is 16.7 Å². The van der Waals surface area contributed by atoms with Crippen LogP contribution in [0.25, 0.3) is 0 Å². The molecule has 0 unspecified atom stereocenters. The number of likely N-dealkylation sites (N-methyl/N-ethyl adjacent to an activating group) is 1. The molecule has 0 saturated heterocycles. The Bertz CT molecular complexity index is 790. The van der Waals surface area contributed by atoms with Crippen molar-refractivity contribution in [3.63, 3.8) is 0 Å². The van der Waals surface area contributed by atoms with E-state index in [1.807, 2.05) is 49.4 Å². The van der Waals surface area contributed by atoms with Crippen LogP contribution in [0.4, 0.5) is 0 Å². The lowest BCUT2D eigenvalue weighted by Crippen LogP contribution is -2.38. The van der Waals surface area contributed by atoms with Crippen LogP contribution in [-0.4, -0.2) is 44.5 Å². The predicted molar refractivity (Wildman–Crippen MR) is 104 cm³/mol. The van der Waals surface area contributed by atoms with Crippen molar-refractivity contribution in [3.05, 3.63) is 59.2 Å². The predicted octanol–water partition coefficient (Wildman–Crippen LogP) is 2.33. The molecule has 2 amide bonds. The van der Waals surface area contributed by atoms with E-state index in [4.69, 9.17) is 9.47 Å². The number of nitrogens with zero attached hydrogens (tertiary/aromatic N) is 1. The third kappa shape index (κ3) is 5.74. The quantitative estimate of drug-likeness (QED) is 0.774. The number of hydrogen-bond acceptors (Lipinski definition) is 4. The fourth-order valence-corrected chi connectivity index (χ4v) is 2.69. The second-order valence-electron chi connectivity index (χ2n) is 6.32. The van der Waals surface area contributed by atoms with Crippen molar-refractivity contribution in [2.24, 2.45) is 0 Å². The van der Waals surface area contributed by atoms with E-state index in [-0.39, 0.29) is 24.8 Å². The number of methoxy groups -OCH3 is 2. The molecule has 1 N–H and O–H groups in total. The Morgan fingerprint density at radius 3 is 2.30 bits per heavy atom. The van der Waals surface area contributed by atoms with Crippen molar-refractivity contribution >= 4 is 11.8 Å². The summed E-state index contributed by atoms with van der Waals surface area (Å²) in [4.78, 5) is 25.9. The minimum atomic E-state index is -0.176. The van der Waals surface area contributed by atoms with Gasteiger partial charge in [0.1, 0.15) is 0 Å². The molecule has 2 aromatic carbocycles. The summed E-state index contributed by atoms with van der Waals surface area (Å²) >= 11 is 0. The number of amides is 2. The minimum Gasteiger partial charge on any atom is -0.493 e. The number of rotatable bonds is 8. The first-order valence-corrected chi connectivity index (χ1v) is 8.70. The number of benzene rings is 2. The summed E-state index contributed by atoms with van der Waals surface area (Å²) in [5.74, 6) is 0.937. The monoisotopic (exact) mass is 370 g/mol. The third-order valence-corrected chi connectivity index (χ3v) is 4.32.